The maximum absolute atomic E-state index is 11.8. The van der Waals surface area contributed by atoms with Crippen molar-refractivity contribution in [1.29, 1.82) is 0 Å². The number of hydrogen-bond donors (Lipinski definition) is 1. The lowest BCUT2D eigenvalue weighted by atomic mass is 10.0. The number of rotatable bonds is 3. The Balaban J connectivity index is 2.65. The summed E-state index contributed by atoms with van der Waals surface area (Å²) in [5.41, 5.74) is -0.600. The molecule has 94 valence electrons. The van der Waals surface area contributed by atoms with Crippen LogP contribution in [0.3, 0.4) is 0 Å². The molecule has 0 aromatic heterocycles. The number of sulfone groups is 1. The van der Waals surface area contributed by atoms with Crippen LogP contribution in [0.5, 0.6) is 0 Å². The van der Waals surface area contributed by atoms with Crippen LogP contribution in [0.1, 0.15) is 27.2 Å². The SMILES string of the molecule is CC(C)[C@@H](Br)C(=O)N[C@@]1(C)CCS(=O)(=O)C1. The molecule has 1 fully saturated rings. The van der Waals surface area contributed by atoms with E-state index in [1.165, 1.54) is 0 Å². The average molecular weight is 312 g/mol. The Morgan fingerprint density at radius 3 is 2.38 bits per heavy atom. The normalized spacial score (nSPS) is 30.3. The van der Waals surface area contributed by atoms with Gasteiger partial charge in [-0.15, -0.1) is 0 Å². The molecule has 1 aliphatic rings. The van der Waals surface area contributed by atoms with E-state index in [2.05, 4.69) is 21.2 Å². The van der Waals surface area contributed by atoms with Crippen LogP contribution in [0.25, 0.3) is 0 Å². The van der Waals surface area contributed by atoms with Crippen molar-refractivity contribution in [2.24, 2.45) is 5.92 Å². The van der Waals surface area contributed by atoms with Gasteiger partial charge in [-0.05, 0) is 19.3 Å². The number of halogens is 1. The van der Waals surface area contributed by atoms with Gasteiger partial charge in [-0.25, -0.2) is 8.42 Å². The summed E-state index contributed by atoms with van der Waals surface area (Å²) in [4.78, 5) is 11.5. The minimum absolute atomic E-state index is 0.0452. The number of nitrogens with one attached hydrogen (secondary N) is 1. The summed E-state index contributed by atoms with van der Waals surface area (Å²) in [7, 11) is -2.98. The van der Waals surface area contributed by atoms with Crippen molar-refractivity contribution in [3.05, 3.63) is 0 Å². The van der Waals surface area contributed by atoms with Gasteiger partial charge in [-0.1, -0.05) is 29.8 Å². The molecule has 2 atom stereocenters. The fourth-order valence-electron chi connectivity index (χ4n) is 1.78. The van der Waals surface area contributed by atoms with Gasteiger partial charge in [0.25, 0.3) is 0 Å². The van der Waals surface area contributed by atoms with Crippen LogP contribution >= 0.6 is 15.9 Å². The molecular weight excluding hydrogens is 294 g/mol. The molecule has 0 aromatic carbocycles. The van der Waals surface area contributed by atoms with E-state index in [-0.39, 0.29) is 28.2 Å². The molecule has 6 heteroatoms. The van der Waals surface area contributed by atoms with Crippen molar-refractivity contribution in [2.45, 2.75) is 37.6 Å². The first kappa shape index (κ1) is 14.0. The molecule has 1 saturated heterocycles. The van der Waals surface area contributed by atoms with Crippen LogP contribution in [0, 0.1) is 5.92 Å². The van der Waals surface area contributed by atoms with Gasteiger partial charge >= 0.3 is 0 Å². The molecule has 16 heavy (non-hydrogen) atoms. The Labute approximate surface area is 105 Å². The van der Waals surface area contributed by atoms with Gasteiger partial charge in [0, 0.05) is 0 Å². The van der Waals surface area contributed by atoms with Gasteiger partial charge in [0.2, 0.25) is 5.91 Å². The Bertz CT molecular complexity index is 380. The number of carbonyl (C=O) groups excluding carboxylic acids is 1. The number of hydrogen-bond acceptors (Lipinski definition) is 3. The van der Waals surface area contributed by atoms with Crippen LogP contribution in [0.4, 0.5) is 0 Å². The highest BCUT2D eigenvalue weighted by Gasteiger charge is 2.40. The second-order valence-corrected chi connectivity index (χ2v) is 8.21. The van der Waals surface area contributed by atoms with Crippen LogP contribution < -0.4 is 5.32 Å². The highest BCUT2D eigenvalue weighted by molar-refractivity contribution is 9.10. The Morgan fingerprint density at radius 2 is 2.00 bits per heavy atom. The summed E-state index contributed by atoms with van der Waals surface area (Å²) in [6.45, 7) is 5.66. The number of alkyl halides is 1. The molecule has 1 aliphatic heterocycles. The van der Waals surface area contributed by atoms with Crippen LogP contribution in [0.2, 0.25) is 0 Å². The smallest absolute Gasteiger partial charge is 0.234 e. The fraction of sp³-hybridized carbons (Fsp3) is 0.900. The van der Waals surface area contributed by atoms with Gasteiger partial charge in [-0.3, -0.25) is 4.79 Å². The first-order valence-corrected chi connectivity index (χ1v) is 8.05. The van der Waals surface area contributed by atoms with E-state index in [1.807, 2.05) is 13.8 Å². The summed E-state index contributed by atoms with van der Waals surface area (Å²) in [6, 6.07) is 0. The molecule has 0 bridgehead atoms. The fourth-order valence-corrected chi connectivity index (χ4v) is 3.99. The van der Waals surface area contributed by atoms with E-state index < -0.39 is 15.4 Å². The first-order chi connectivity index (χ1) is 7.15. The molecule has 1 N–H and O–H groups in total. The molecule has 0 spiro atoms. The lowest BCUT2D eigenvalue weighted by Gasteiger charge is -2.26. The van der Waals surface area contributed by atoms with Gasteiger partial charge < -0.3 is 5.32 Å². The van der Waals surface area contributed by atoms with E-state index in [1.54, 1.807) is 6.92 Å². The van der Waals surface area contributed by atoms with Crippen molar-refractivity contribution in [1.82, 2.24) is 5.32 Å². The highest BCUT2D eigenvalue weighted by Crippen LogP contribution is 2.24. The third-order valence-corrected chi connectivity index (χ3v) is 6.14. The monoisotopic (exact) mass is 311 g/mol. The third kappa shape index (κ3) is 3.45. The molecule has 0 aliphatic carbocycles. The van der Waals surface area contributed by atoms with E-state index in [9.17, 15) is 13.2 Å². The Kier molecular flexibility index (Phi) is 4.05. The van der Waals surface area contributed by atoms with Crippen LogP contribution in [0.15, 0.2) is 0 Å². The summed E-state index contributed by atoms with van der Waals surface area (Å²) in [6.07, 6.45) is 0.499. The zero-order valence-corrected chi connectivity index (χ0v) is 12.2. The van der Waals surface area contributed by atoms with Crippen LogP contribution in [-0.2, 0) is 14.6 Å². The van der Waals surface area contributed by atoms with Crippen molar-refractivity contribution < 1.29 is 13.2 Å². The lowest BCUT2D eigenvalue weighted by Crippen LogP contribution is -2.50. The summed E-state index contributed by atoms with van der Waals surface area (Å²) in [5.74, 6) is 0.262. The minimum Gasteiger partial charge on any atom is -0.349 e. The minimum atomic E-state index is -2.98. The second-order valence-electron chi connectivity index (χ2n) is 5.04. The molecule has 4 nitrogen and oxygen atoms in total. The van der Waals surface area contributed by atoms with Crippen LogP contribution in [-0.4, -0.2) is 36.2 Å². The molecule has 1 rings (SSSR count). The molecule has 0 radical (unpaired) electrons. The topological polar surface area (TPSA) is 63.2 Å². The molecule has 1 heterocycles. The van der Waals surface area contributed by atoms with Crippen molar-refractivity contribution in [3.8, 4) is 0 Å². The largest absolute Gasteiger partial charge is 0.349 e. The zero-order chi connectivity index (χ0) is 12.6. The van der Waals surface area contributed by atoms with Gasteiger partial charge in [0.05, 0.1) is 21.9 Å². The second kappa shape index (κ2) is 4.64. The van der Waals surface area contributed by atoms with E-state index >= 15 is 0 Å². The summed E-state index contributed by atoms with van der Waals surface area (Å²) < 4.78 is 22.7. The van der Waals surface area contributed by atoms with Gasteiger partial charge in [0.1, 0.15) is 0 Å². The van der Waals surface area contributed by atoms with Crippen molar-refractivity contribution >= 4 is 31.7 Å². The van der Waals surface area contributed by atoms with Gasteiger partial charge in [-0.2, -0.15) is 0 Å². The predicted molar refractivity (Wildman–Crippen MR) is 67.4 cm³/mol. The average Bonchev–Trinajstić information content (AvgIpc) is 2.38. The molecular formula is C10H18BrNO3S. The number of carbonyl (C=O) groups is 1. The maximum atomic E-state index is 11.8. The molecule has 0 unspecified atom stereocenters. The van der Waals surface area contributed by atoms with Crippen molar-refractivity contribution in [2.75, 3.05) is 11.5 Å². The quantitative estimate of drug-likeness (QED) is 0.794. The molecule has 0 saturated carbocycles. The molecule has 0 aromatic rings. The summed E-state index contributed by atoms with van der Waals surface area (Å²) >= 11 is 3.31. The molecule has 1 amide bonds. The van der Waals surface area contributed by atoms with E-state index in [4.69, 9.17) is 0 Å². The van der Waals surface area contributed by atoms with E-state index in [0.29, 0.717) is 6.42 Å². The standard InChI is InChI=1S/C10H18BrNO3S/c1-7(2)8(11)9(13)12-10(3)4-5-16(14,15)6-10/h7-8H,4-6H2,1-3H3,(H,12,13)/t8-,10+/m1/s1. The Hall–Kier alpha value is -0.100. The van der Waals surface area contributed by atoms with E-state index in [0.717, 1.165) is 0 Å². The third-order valence-electron chi connectivity index (χ3n) is 2.76. The first-order valence-electron chi connectivity index (χ1n) is 5.32. The number of amides is 1. The zero-order valence-electron chi connectivity index (χ0n) is 9.79. The summed E-state index contributed by atoms with van der Waals surface area (Å²) in [5, 5.41) is 2.83. The predicted octanol–water partition coefficient (Wildman–Crippen LogP) is 1.10. The van der Waals surface area contributed by atoms with Crippen molar-refractivity contribution in [3.63, 3.8) is 0 Å². The lowest BCUT2D eigenvalue weighted by molar-refractivity contribution is -0.122. The maximum Gasteiger partial charge on any atom is 0.234 e. The van der Waals surface area contributed by atoms with Gasteiger partial charge in [0.15, 0.2) is 9.84 Å². The highest BCUT2D eigenvalue weighted by atomic mass is 79.9. The Morgan fingerprint density at radius 1 is 1.44 bits per heavy atom.